The number of rotatable bonds is 7. The molecular formula is C19H24N2O5S. The lowest BCUT2D eigenvalue weighted by Crippen LogP contribution is -2.30. The molecule has 0 saturated heterocycles. The van der Waals surface area contributed by atoms with Gasteiger partial charge in [0.25, 0.3) is 5.91 Å². The number of hydrogen-bond donors (Lipinski definition) is 2. The zero-order valence-corrected chi connectivity index (χ0v) is 16.9. The van der Waals surface area contributed by atoms with E-state index in [1.165, 1.54) is 11.3 Å². The molecule has 0 aliphatic heterocycles. The van der Waals surface area contributed by atoms with Gasteiger partial charge >= 0.3 is 11.9 Å². The number of aromatic nitrogens is 1. The SMILES string of the molecule is Cc1[nH]c(C(=O)OCC(=O)N[C@H](C)c2cccs2)c(C)c1C(=O)OC(C)C. The number of ether oxygens (including phenoxy) is 2. The van der Waals surface area contributed by atoms with Crippen LogP contribution >= 0.6 is 11.3 Å². The van der Waals surface area contributed by atoms with Crippen molar-refractivity contribution < 1.29 is 23.9 Å². The maximum atomic E-state index is 12.3. The summed E-state index contributed by atoms with van der Waals surface area (Å²) in [6.07, 6.45) is -0.268. The number of H-pyrrole nitrogens is 1. The Morgan fingerprint density at radius 3 is 2.48 bits per heavy atom. The lowest BCUT2D eigenvalue weighted by Gasteiger charge is -2.12. The highest BCUT2D eigenvalue weighted by Gasteiger charge is 2.25. The Balaban J connectivity index is 1.98. The minimum absolute atomic E-state index is 0.141. The second-order valence-corrected chi connectivity index (χ2v) is 7.44. The fraction of sp³-hybridized carbons (Fsp3) is 0.421. The largest absolute Gasteiger partial charge is 0.459 e. The van der Waals surface area contributed by atoms with E-state index in [-0.39, 0.29) is 17.8 Å². The molecule has 0 saturated carbocycles. The van der Waals surface area contributed by atoms with Gasteiger partial charge in [-0.2, -0.15) is 0 Å². The molecule has 0 aliphatic carbocycles. The van der Waals surface area contributed by atoms with Crippen LogP contribution < -0.4 is 5.32 Å². The number of carbonyl (C=O) groups is 3. The van der Waals surface area contributed by atoms with Gasteiger partial charge in [0.2, 0.25) is 0 Å². The number of hydrogen-bond acceptors (Lipinski definition) is 6. The summed E-state index contributed by atoms with van der Waals surface area (Å²) in [4.78, 5) is 40.4. The van der Waals surface area contributed by atoms with Crippen molar-refractivity contribution >= 4 is 29.2 Å². The van der Waals surface area contributed by atoms with Gasteiger partial charge in [-0.3, -0.25) is 4.79 Å². The standard InChI is InChI=1S/C19H24N2O5S/c1-10(2)26-18(23)16-11(3)17(21-13(16)5)19(24)25-9-15(22)20-12(4)14-7-6-8-27-14/h6-8,10,12,21H,9H2,1-5H3,(H,20,22)/t12-/m1/s1. The van der Waals surface area contributed by atoms with Crippen LogP contribution in [0.25, 0.3) is 0 Å². The Morgan fingerprint density at radius 1 is 1.19 bits per heavy atom. The van der Waals surface area contributed by atoms with Crippen molar-refractivity contribution in [2.45, 2.75) is 46.8 Å². The van der Waals surface area contributed by atoms with Crippen molar-refractivity contribution in [2.24, 2.45) is 0 Å². The molecule has 0 fully saturated rings. The van der Waals surface area contributed by atoms with Crippen molar-refractivity contribution in [1.29, 1.82) is 0 Å². The van der Waals surface area contributed by atoms with Crippen LogP contribution in [0.2, 0.25) is 0 Å². The summed E-state index contributed by atoms with van der Waals surface area (Å²) in [5.41, 5.74) is 1.41. The third kappa shape index (κ3) is 5.19. The Hall–Kier alpha value is -2.61. The highest BCUT2D eigenvalue weighted by atomic mass is 32.1. The van der Waals surface area contributed by atoms with E-state index >= 15 is 0 Å². The summed E-state index contributed by atoms with van der Waals surface area (Å²) in [7, 11) is 0. The topological polar surface area (TPSA) is 97.5 Å². The van der Waals surface area contributed by atoms with Crippen LogP contribution in [-0.4, -0.2) is 35.5 Å². The van der Waals surface area contributed by atoms with Crippen molar-refractivity contribution in [3.8, 4) is 0 Å². The summed E-state index contributed by atoms with van der Waals surface area (Å²) in [5.74, 6) is -1.60. The third-order valence-corrected chi connectivity index (χ3v) is 4.93. The van der Waals surface area contributed by atoms with E-state index in [2.05, 4.69) is 10.3 Å². The summed E-state index contributed by atoms with van der Waals surface area (Å²) in [5, 5.41) is 4.70. The van der Waals surface area contributed by atoms with Crippen LogP contribution in [0.3, 0.4) is 0 Å². The maximum Gasteiger partial charge on any atom is 0.355 e. The predicted octanol–water partition coefficient (Wildman–Crippen LogP) is 3.29. The predicted molar refractivity (Wildman–Crippen MR) is 102 cm³/mol. The Labute approximate surface area is 162 Å². The molecule has 0 aromatic carbocycles. The second kappa shape index (κ2) is 8.85. The normalized spacial score (nSPS) is 11.9. The summed E-state index contributed by atoms with van der Waals surface area (Å²) in [6.45, 7) is 8.26. The second-order valence-electron chi connectivity index (χ2n) is 6.46. The number of thiophene rings is 1. The van der Waals surface area contributed by atoms with Crippen LogP contribution in [0, 0.1) is 13.8 Å². The zero-order chi connectivity index (χ0) is 20.1. The molecule has 27 heavy (non-hydrogen) atoms. The lowest BCUT2D eigenvalue weighted by atomic mass is 10.1. The molecule has 0 unspecified atom stereocenters. The first-order valence-corrected chi connectivity index (χ1v) is 9.48. The molecule has 2 aromatic heterocycles. The first-order chi connectivity index (χ1) is 12.7. The molecule has 1 amide bonds. The van der Waals surface area contributed by atoms with Gasteiger partial charge in [0, 0.05) is 10.6 Å². The Bertz CT molecular complexity index is 824. The fourth-order valence-corrected chi connectivity index (χ4v) is 3.36. The van der Waals surface area contributed by atoms with Gasteiger partial charge < -0.3 is 19.8 Å². The molecule has 2 aromatic rings. The molecule has 0 bridgehead atoms. The average molecular weight is 392 g/mol. The van der Waals surface area contributed by atoms with Gasteiger partial charge in [-0.15, -0.1) is 11.3 Å². The molecule has 2 N–H and O–H groups in total. The highest BCUT2D eigenvalue weighted by molar-refractivity contribution is 7.10. The van der Waals surface area contributed by atoms with Crippen molar-refractivity contribution in [3.63, 3.8) is 0 Å². The number of carbonyl (C=O) groups excluding carboxylic acids is 3. The summed E-state index contributed by atoms with van der Waals surface area (Å²) < 4.78 is 10.3. The smallest absolute Gasteiger partial charge is 0.355 e. The molecular weight excluding hydrogens is 368 g/mol. The van der Waals surface area contributed by atoms with E-state index in [0.29, 0.717) is 16.8 Å². The quantitative estimate of drug-likeness (QED) is 0.705. The summed E-state index contributed by atoms with van der Waals surface area (Å²) >= 11 is 1.54. The number of esters is 2. The number of amides is 1. The number of aryl methyl sites for hydroxylation is 1. The third-order valence-electron chi connectivity index (χ3n) is 3.87. The molecule has 2 heterocycles. The molecule has 2 rings (SSSR count). The molecule has 146 valence electrons. The van der Waals surface area contributed by atoms with Gasteiger partial charge in [0.05, 0.1) is 17.7 Å². The number of nitrogens with one attached hydrogen (secondary N) is 2. The molecule has 0 radical (unpaired) electrons. The lowest BCUT2D eigenvalue weighted by molar-refractivity contribution is -0.124. The zero-order valence-electron chi connectivity index (χ0n) is 16.0. The van der Waals surface area contributed by atoms with Gasteiger partial charge in [-0.05, 0) is 51.6 Å². The van der Waals surface area contributed by atoms with Crippen LogP contribution in [0.1, 0.15) is 63.8 Å². The highest BCUT2D eigenvalue weighted by Crippen LogP contribution is 2.21. The average Bonchev–Trinajstić information content (AvgIpc) is 3.20. The van der Waals surface area contributed by atoms with Crippen molar-refractivity contribution in [1.82, 2.24) is 10.3 Å². The molecule has 7 nitrogen and oxygen atoms in total. The van der Waals surface area contributed by atoms with Crippen LogP contribution in [0.4, 0.5) is 0 Å². The monoisotopic (exact) mass is 392 g/mol. The van der Waals surface area contributed by atoms with E-state index in [4.69, 9.17) is 9.47 Å². The van der Waals surface area contributed by atoms with Crippen LogP contribution in [-0.2, 0) is 14.3 Å². The summed E-state index contributed by atoms with van der Waals surface area (Å²) in [6, 6.07) is 3.66. The first-order valence-electron chi connectivity index (χ1n) is 8.60. The van der Waals surface area contributed by atoms with Gasteiger partial charge in [-0.25, -0.2) is 9.59 Å². The van der Waals surface area contributed by atoms with Gasteiger partial charge in [0.15, 0.2) is 6.61 Å². The van der Waals surface area contributed by atoms with E-state index in [9.17, 15) is 14.4 Å². The molecule has 0 spiro atoms. The minimum atomic E-state index is -0.696. The van der Waals surface area contributed by atoms with E-state index in [1.54, 1.807) is 27.7 Å². The first kappa shape index (κ1) is 20.7. The van der Waals surface area contributed by atoms with E-state index in [1.807, 2.05) is 24.4 Å². The Morgan fingerprint density at radius 2 is 1.89 bits per heavy atom. The van der Waals surface area contributed by atoms with E-state index < -0.39 is 24.5 Å². The fourth-order valence-electron chi connectivity index (χ4n) is 2.63. The van der Waals surface area contributed by atoms with Crippen LogP contribution in [0.5, 0.6) is 0 Å². The molecule has 8 heteroatoms. The number of aromatic amines is 1. The van der Waals surface area contributed by atoms with E-state index in [0.717, 1.165) is 4.88 Å². The maximum absolute atomic E-state index is 12.3. The van der Waals surface area contributed by atoms with Crippen molar-refractivity contribution in [2.75, 3.05) is 6.61 Å². The van der Waals surface area contributed by atoms with Crippen LogP contribution in [0.15, 0.2) is 17.5 Å². The van der Waals surface area contributed by atoms with Gasteiger partial charge in [0.1, 0.15) is 5.69 Å². The molecule has 0 aliphatic rings. The molecule has 1 atom stereocenters. The Kier molecular flexibility index (Phi) is 6.79. The van der Waals surface area contributed by atoms with Crippen molar-refractivity contribution in [3.05, 3.63) is 44.9 Å². The van der Waals surface area contributed by atoms with Gasteiger partial charge in [-0.1, -0.05) is 6.07 Å². The minimum Gasteiger partial charge on any atom is -0.459 e.